The van der Waals surface area contributed by atoms with E-state index in [0.717, 1.165) is 0 Å². The summed E-state index contributed by atoms with van der Waals surface area (Å²) < 4.78 is 20.2. The van der Waals surface area contributed by atoms with Gasteiger partial charge in [0.2, 0.25) is 0 Å². The molecular formula is C12H23NO2S2. The van der Waals surface area contributed by atoms with E-state index in [0.29, 0.717) is 13.2 Å². The fourth-order valence-corrected chi connectivity index (χ4v) is 2.38. The van der Waals surface area contributed by atoms with Crippen molar-refractivity contribution in [1.29, 1.82) is 0 Å². The molecule has 0 radical (unpaired) electrons. The van der Waals surface area contributed by atoms with E-state index in [9.17, 15) is 4.21 Å². The van der Waals surface area contributed by atoms with Gasteiger partial charge in [0, 0.05) is 0 Å². The zero-order valence-electron chi connectivity index (χ0n) is 11.5. The van der Waals surface area contributed by atoms with Crippen molar-refractivity contribution in [2.45, 2.75) is 31.1 Å². The van der Waals surface area contributed by atoms with Gasteiger partial charge in [0.05, 0.1) is 28.9 Å². The summed E-state index contributed by atoms with van der Waals surface area (Å²) in [4.78, 5) is 0. The van der Waals surface area contributed by atoms with Gasteiger partial charge in [-0.25, -0.2) is 8.93 Å². The predicted molar refractivity (Wildman–Crippen MR) is 77.7 cm³/mol. The van der Waals surface area contributed by atoms with Gasteiger partial charge in [-0.3, -0.25) is 0 Å². The van der Waals surface area contributed by atoms with E-state index in [1.54, 1.807) is 0 Å². The molecule has 0 aliphatic carbocycles. The van der Waals surface area contributed by atoms with Crippen molar-refractivity contribution in [2.24, 2.45) is 0 Å². The van der Waals surface area contributed by atoms with Crippen LogP contribution in [0.1, 0.15) is 20.8 Å². The molecule has 3 nitrogen and oxygen atoms in total. The molecule has 0 aromatic rings. The summed E-state index contributed by atoms with van der Waals surface area (Å²) in [7, 11) is -1.97. The van der Waals surface area contributed by atoms with Crippen molar-refractivity contribution in [3.63, 3.8) is 0 Å². The Morgan fingerprint density at radius 3 is 2.12 bits per heavy atom. The van der Waals surface area contributed by atoms with Crippen LogP contribution in [0.3, 0.4) is 0 Å². The molecule has 1 saturated heterocycles. The lowest BCUT2D eigenvalue weighted by atomic mass is 10.0. The van der Waals surface area contributed by atoms with Crippen LogP contribution in [-0.2, 0) is 15.7 Å². The minimum absolute atomic E-state index is 0.279. The quantitative estimate of drug-likeness (QED) is 0.776. The maximum absolute atomic E-state index is 12.1. The minimum atomic E-state index is -1.11. The Kier molecular flexibility index (Phi) is 4.36. The maximum Gasteiger partial charge on any atom is 0.139 e. The Morgan fingerprint density at radius 1 is 1.29 bits per heavy atom. The van der Waals surface area contributed by atoms with Gasteiger partial charge in [-0.15, -0.1) is 0 Å². The van der Waals surface area contributed by atoms with Crippen molar-refractivity contribution >= 4 is 21.0 Å². The first-order valence-electron chi connectivity index (χ1n) is 5.54. The van der Waals surface area contributed by atoms with Gasteiger partial charge in [0.15, 0.2) is 0 Å². The van der Waals surface area contributed by atoms with Gasteiger partial charge in [-0.1, -0.05) is 11.2 Å². The topological polar surface area (TPSA) is 38.3 Å². The average molecular weight is 277 g/mol. The van der Waals surface area contributed by atoms with E-state index in [1.807, 2.05) is 20.8 Å². The second-order valence-electron chi connectivity index (χ2n) is 6.12. The first-order valence-corrected chi connectivity index (χ1v) is 9.55. The Hall–Kier alpha value is -0.0200. The second-order valence-corrected chi connectivity index (χ2v) is 12.0. The molecule has 0 aromatic carbocycles. The van der Waals surface area contributed by atoms with Gasteiger partial charge in [-0.2, -0.15) is 10.0 Å². The largest absolute Gasteiger partial charge is 0.375 e. The molecule has 5 heteroatoms. The van der Waals surface area contributed by atoms with Crippen molar-refractivity contribution in [2.75, 3.05) is 32.0 Å². The molecular weight excluding hydrogens is 254 g/mol. The Labute approximate surface area is 109 Å². The van der Waals surface area contributed by atoms with Gasteiger partial charge in [0.1, 0.15) is 5.54 Å². The zero-order chi connectivity index (χ0) is 13.3. The van der Waals surface area contributed by atoms with Crippen LogP contribution in [0.15, 0.2) is 0 Å². The minimum Gasteiger partial charge on any atom is -0.375 e. The molecule has 1 N–H and O–H groups in total. The number of hydrogen-bond acceptors (Lipinski definition) is 2. The smallest absolute Gasteiger partial charge is 0.139 e. The predicted octanol–water partition coefficient (Wildman–Crippen LogP) is 1.46. The van der Waals surface area contributed by atoms with Crippen molar-refractivity contribution < 1.29 is 8.95 Å². The zero-order valence-corrected chi connectivity index (χ0v) is 13.2. The molecule has 1 rings (SSSR count). The fraction of sp³-hybridized carbons (Fsp3) is 0.833. The summed E-state index contributed by atoms with van der Waals surface area (Å²) in [6, 6.07) is 0. The molecule has 0 amide bonds. The maximum atomic E-state index is 12.1. The van der Waals surface area contributed by atoms with Crippen LogP contribution in [0.25, 0.3) is 0 Å². The van der Waals surface area contributed by atoms with Crippen LogP contribution in [0.2, 0.25) is 0 Å². The Balaban J connectivity index is 2.77. The van der Waals surface area contributed by atoms with Crippen LogP contribution >= 0.6 is 10.0 Å². The molecule has 1 heterocycles. The third-order valence-electron chi connectivity index (χ3n) is 2.14. The first kappa shape index (κ1) is 15.0. The number of ether oxygens (including phenoxy) is 1. The number of nitrogens with one attached hydrogen (secondary N) is 1. The summed E-state index contributed by atoms with van der Waals surface area (Å²) in [5, 5.41) is 3.28. The standard InChI is InChI=1S/C12H23NO2S2/c1-11(2,3)16(14)13-12(9-15-10-12)7-8-17(4,5)6/h13H,9-10H2,1-6H3. The van der Waals surface area contributed by atoms with Crippen LogP contribution in [0.5, 0.6) is 0 Å². The van der Waals surface area contributed by atoms with Gasteiger partial charge in [0.25, 0.3) is 0 Å². The molecule has 1 aliphatic rings. The highest BCUT2D eigenvalue weighted by molar-refractivity contribution is 8.35. The van der Waals surface area contributed by atoms with E-state index in [2.05, 4.69) is 34.7 Å². The van der Waals surface area contributed by atoms with Crippen LogP contribution in [0.4, 0.5) is 0 Å². The van der Waals surface area contributed by atoms with Crippen molar-refractivity contribution in [1.82, 2.24) is 4.72 Å². The first-order chi connectivity index (χ1) is 7.54. The summed E-state index contributed by atoms with van der Waals surface area (Å²) >= 11 is 0. The normalized spacial score (nSPS) is 22.0. The lowest BCUT2D eigenvalue weighted by Crippen LogP contribution is -2.61. The molecule has 0 saturated carbocycles. The summed E-state index contributed by atoms with van der Waals surface area (Å²) in [6.07, 6.45) is 6.44. The van der Waals surface area contributed by atoms with Crippen LogP contribution in [-0.4, -0.2) is 46.5 Å². The van der Waals surface area contributed by atoms with E-state index >= 15 is 0 Å². The highest BCUT2D eigenvalue weighted by atomic mass is 32.3. The molecule has 1 unspecified atom stereocenters. The third-order valence-corrected chi connectivity index (χ3v) is 4.54. The molecule has 17 heavy (non-hydrogen) atoms. The van der Waals surface area contributed by atoms with E-state index in [-0.39, 0.29) is 4.75 Å². The van der Waals surface area contributed by atoms with Crippen molar-refractivity contribution in [3.8, 4) is 11.2 Å². The van der Waals surface area contributed by atoms with Crippen LogP contribution in [0, 0.1) is 11.2 Å². The molecule has 0 spiro atoms. The third kappa shape index (κ3) is 4.63. The van der Waals surface area contributed by atoms with E-state index < -0.39 is 26.6 Å². The lowest BCUT2D eigenvalue weighted by molar-refractivity contribution is -0.0308. The average Bonchev–Trinajstić information content (AvgIpc) is 2.05. The van der Waals surface area contributed by atoms with Crippen LogP contribution < -0.4 is 4.72 Å². The summed E-state index contributed by atoms with van der Waals surface area (Å²) in [6.45, 7) is 6.90. The Bertz CT molecular complexity index is 365. The molecule has 1 fully saturated rings. The van der Waals surface area contributed by atoms with E-state index in [1.165, 1.54) is 0 Å². The monoisotopic (exact) mass is 277 g/mol. The van der Waals surface area contributed by atoms with Gasteiger partial charge >= 0.3 is 0 Å². The number of rotatable bonds is 2. The van der Waals surface area contributed by atoms with Crippen molar-refractivity contribution in [3.05, 3.63) is 0 Å². The molecule has 1 atom stereocenters. The molecule has 1 aliphatic heterocycles. The number of hydrogen-bond donors (Lipinski definition) is 1. The molecule has 0 bridgehead atoms. The highest BCUT2D eigenvalue weighted by Crippen LogP contribution is 2.33. The fourth-order valence-electron chi connectivity index (χ4n) is 1.04. The summed E-state index contributed by atoms with van der Waals surface area (Å²) in [5.74, 6) is 3.23. The van der Waals surface area contributed by atoms with Gasteiger partial charge < -0.3 is 4.74 Å². The Morgan fingerprint density at radius 2 is 1.82 bits per heavy atom. The second kappa shape index (κ2) is 4.93. The summed E-state index contributed by atoms with van der Waals surface area (Å²) in [5.41, 5.74) is -0.404. The molecule has 100 valence electrons. The van der Waals surface area contributed by atoms with E-state index in [4.69, 9.17) is 4.74 Å². The SMILES string of the molecule is CC(C)(C)S(=O)NC1(C#CS(C)(C)C)COC1. The van der Waals surface area contributed by atoms with Gasteiger partial charge in [-0.05, 0) is 39.5 Å². The lowest BCUT2D eigenvalue weighted by Gasteiger charge is -2.39. The molecule has 0 aromatic heterocycles. The highest BCUT2D eigenvalue weighted by Gasteiger charge is 2.40.